The maximum atomic E-state index is 12.9. The first-order valence-electron chi connectivity index (χ1n) is 12.6. The lowest BCUT2D eigenvalue weighted by molar-refractivity contribution is -0.121. The van der Waals surface area contributed by atoms with Gasteiger partial charge in [-0.3, -0.25) is 4.79 Å². The number of rotatable bonds is 7. The summed E-state index contributed by atoms with van der Waals surface area (Å²) in [5.74, 6) is 2.43. The molecule has 0 atom stereocenters. The van der Waals surface area contributed by atoms with E-state index in [0.717, 1.165) is 70.3 Å². The van der Waals surface area contributed by atoms with Crippen LogP contribution in [0.15, 0.2) is 42.5 Å². The van der Waals surface area contributed by atoms with Crippen molar-refractivity contribution in [1.82, 2.24) is 20.3 Å². The standard InChI is InChI=1S/C28H34N6O2/c1-17-22(23-15-20(36-4)13-14-25(23)29-17)16-26(35)30-18-9-11-19(12-10-18)31-28-32-24-8-6-5-7-21(24)27(33-28)34(2)3/h5-8,13-15,18-19,29H,9-12,16H2,1-4H3,(H,30,35)(H,31,32,33). The van der Waals surface area contributed by atoms with E-state index in [1.807, 2.05) is 62.3 Å². The zero-order valence-electron chi connectivity index (χ0n) is 21.4. The van der Waals surface area contributed by atoms with Crippen molar-refractivity contribution < 1.29 is 9.53 Å². The van der Waals surface area contributed by atoms with Crippen LogP contribution < -0.4 is 20.3 Å². The summed E-state index contributed by atoms with van der Waals surface area (Å²) in [5.41, 5.74) is 4.01. The Balaban J connectivity index is 1.19. The summed E-state index contributed by atoms with van der Waals surface area (Å²) in [4.78, 5) is 27.8. The highest BCUT2D eigenvalue weighted by atomic mass is 16.5. The number of aromatic amines is 1. The molecule has 2 aromatic carbocycles. The van der Waals surface area contributed by atoms with Crippen LogP contribution in [0.2, 0.25) is 0 Å². The average Bonchev–Trinajstić information content (AvgIpc) is 3.18. The molecule has 0 radical (unpaired) electrons. The van der Waals surface area contributed by atoms with E-state index in [1.165, 1.54) is 0 Å². The van der Waals surface area contributed by atoms with Crippen LogP contribution in [0.3, 0.4) is 0 Å². The Morgan fingerprint density at radius 3 is 2.56 bits per heavy atom. The van der Waals surface area contributed by atoms with Crippen molar-refractivity contribution in [1.29, 1.82) is 0 Å². The summed E-state index contributed by atoms with van der Waals surface area (Å²) in [7, 11) is 5.66. The minimum atomic E-state index is 0.0618. The van der Waals surface area contributed by atoms with Gasteiger partial charge in [0.1, 0.15) is 11.6 Å². The third kappa shape index (κ3) is 4.94. The second-order valence-corrected chi connectivity index (χ2v) is 9.86. The number of ether oxygens (including phenoxy) is 1. The molecule has 4 aromatic rings. The number of aryl methyl sites for hydroxylation is 1. The maximum absolute atomic E-state index is 12.9. The number of fused-ring (bicyclic) bond motifs is 2. The smallest absolute Gasteiger partial charge is 0.225 e. The number of H-pyrrole nitrogens is 1. The number of aromatic nitrogens is 3. The normalized spacial score (nSPS) is 17.8. The van der Waals surface area contributed by atoms with E-state index in [9.17, 15) is 4.79 Å². The van der Waals surface area contributed by atoms with Crippen molar-refractivity contribution in [3.63, 3.8) is 0 Å². The van der Waals surface area contributed by atoms with Crippen LogP contribution in [-0.4, -0.2) is 54.1 Å². The maximum Gasteiger partial charge on any atom is 0.225 e. The molecule has 1 saturated carbocycles. The number of carbonyl (C=O) groups is 1. The van der Waals surface area contributed by atoms with E-state index >= 15 is 0 Å². The zero-order valence-corrected chi connectivity index (χ0v) is 21.4. The fourth-order valence-electron chi connectivity index (χ4n) is 5.19. The molecule has 1 aliphatic carbocycles. The molecule has 5 rings (SSSR count). The van der Waals surface area contributed by atoms with Crippen LogP contribution in [0.25, 0.3) is 21.8 Å². The summed E-state index contributed by atoms with van der Waals surface area (Å²) < 4.78 is 5.37. The van der Waals surface area contributed by atoms with Gasteiger partial charge in [-0.05, 0) is 68.5 Å². The Morgan fingerprint density at radius 2 is 1.81 bits per heavy atom. The van der Waals surface area contributed by atoms with Crippen molar-refractivity contribution in [2.75, 3.05) is 31.4 Å². The number of benzene rings is 2. The van der Waals surface area contributed by atoms with E-state index in [0.29, 0.717) is 12.4 Å². The minimum Gasteiger partial charge on any atom is -0.497 e. The summed E-state index contributed by atoms with van der Waals surface area (Å²) in [5, 5.41) is 8.89. The number of amides is 1. The molecule has 0 unspecified atom stereocenters. The van der Waals surface area contributed by atoms with Crippen molar-refractivity contribution in [2.45, 2.75) is 51.1 Å². The Kier molecular flexibility index (Phi) is 6.67. The van der Waals surface area contributed by atoms with Crippen LogP contribution in [0, 0.1) is 6.92 Å². The first kappa shape index (κ1) is 23.9. The zero-order chi connectivity index (χ0) is 25.2. The van der Waals surface area contributed by atoms with Gasteiger partial charge in [0.2, 0.25) is 11.9 Å². The van der Waals surface area contributed by atoms with Crippen molar-refractivity contribution >= 4 is 39.5 Å². The highest BCUT2D eigenvalue weighted by molar-refractivity contribution is 5.91. The van der Waals surface area contributed by atoms with E-state index < -0.39 is 0 Å². The van der Waals surface area contributed by atoms with Gasteiger partial charge in [-0.1, -0.05) is 12.1 Å². The van der Waals surface area contributed by atoms with Gasteiger partial charge in [0.15, 0.2) is 0 Å². The van der Waals surface area contributed by atoms with E-state index in [1.54, 1.807) is 7.11 Å². The molecule has 36 heavy (non-hydrogen) atoms. The predicted molar refractivity (Wildman–Crippen MR) is 145 cm³/mol. The lowest BCUT2D eigenvalue weighted by Gasteiger charge is -2.30. The van der Waals surface area contributed by atoms with Crippen LogP contribution in [0.4, 0.5) is 11.8 Å². The van der Waals surface area contributed by atoms with Gasteiger partial charge < -0.3 is 25.3 Å². The molecule has 0 spiro atoms. The molecule has 8 heteroatoms. The molecular formula is C28H34N6O2. The molecule has 0 saturated heterocycles. The predicted octanol–water partition coefficient (Wildman–Crippen LogP) is 4.58. The monoisotopic (exact) mass is 486 g/mol. The van der Waals surface area contributed by atoms with Gasteiger partial charge in [-0.15, -0.1) is 0 Å². The van der Waals surface area contributed by atoms with Crippen LogP contribution in [-0.2, 0) is 11.2 Å². The van der Waals surface area contributed by atoms with Crippen molar-refractivity contribution in [3.8, 4) is 5.75 Å². The lowest BCUT2D eigenvalue weighted by atomic mass is 9.91. The quantitative estimate of drug-likeness (QED) is 0.354. The Morgan fingerprint density at radius 1 is 1.06 bits per heavy atom. The molecule has 3 N–H and O–H groups in total. The van der Waals surface area contributed by atoms with Crippen LogP contribution in [0.1, 0.15) is 36.9 Å². The molecule has 2 heterocycles. The SMILES string of the molecule is COc1ccc2[nH]c(C)c(CC(=O)NC3CCC(Nc4nc(N(C)C)c5ccccc5n4)CC3)c2c1. The molecular weight excluding hydrogens is 452 g/mol. The first-order valence-corrected chi connectivity index (χ1v) is 12.6. The number of hydrogen-bond donors (Lipinski definition) is 3. The second-order valence-electron chi connectivity index (χ2n) is 9.86. The number of carbonyl (C=O) groups excluding carboxylic acids is 1. The highest BCUT2D eigenvalue weighted by Crippen LogP contribution is 2.28. The lowest BCUT2D eigenvalue weighted by Crippen LogP contribution is -2.41. The Bertz CT molecular complexity index is 1390. The molecule has 0 bridgehead atoms. The topological polar surface area (TPSA) is 95.2 Å². The summed E-state index contributed by atoms with van der Waals surface area (Å²) >= 11 is 0. The van der Waals surface area contributed by atoms with Crippen molar-refractivity contribution in [3.05, 3.63) is 53.7 Å². The molecule has 0 aliphatic heterocycles. The average molecular weight is 487 g/mol. The van der Waals surface area contributed by atoms with Gasteiger partial charge in [0.25, 0.3) is 0 Å². The third-order valence-corrected chi connectivity index (χ3v) is 7.10. The number of para-hydroxylation sites is 1. The molecule has 1 aliphatic rings. The number of methoxy groups -OCH3 is 1. The third-order valence-electron chi connectivity index (χ3n) is 7.10. The second kappa shape index (κ2) is 10.0. The van der Waals surface area contributed by atoms with Gasteiger partial charge in [-0.2, -0.15) is 4.98 Å². The molecule has 1 fully saturated rings. The fourth-order valence-corrected chi connectivity index (χ4v) is 5.19. The highest BCUT2D eigenvalue weighted by Gasteiger charge is 2.24. The Labute approximate surface area is 211 Å². The number of hydrogen-bond acceptors (Lipinski definition) is 6. The molecule has 8 nitrogen and oxygen atoms in total. The van der Waals surface area contributed by atoms with Crippen LogP contribution >= 0.6 is 0 Å². The fraction of sp³-hybridized carbons (Fsp3) is 0.393. The van der Waals surface area contributed by atoms with Gasteiger partial charge >= 0.3 is 0 Å². The summed E-state index contributed by atoms with van der Waals surface area (Å²) in [6.45, 7) is 2.02. The largest absolute Gasteiger partial charge is 0.497 e. The van der Waals surface area contributed by atoms with E-state index in [4.69, 9.17) is 14.7 Å². The molecule has 188 valence electrons. The number of anilines is 2. The summed E-state index contributed by atoms with van der Waals surface area (Å²) in [6, 6.07) is 14.5. The number of nitrogens with one attached hydrogen (secondary N) is 3. The van der Waals surface area contributed by atoms with Gasteiger partial charge in [0, 0.05) is 48.2 Å². The molecule has 1 amide bonds. The van der Waals surface area contributed by atoms with Crippen molar-refractivity contribution in [2.24, 2.45) is 0 Å². The van der Waals surface area contributed by atoms with Gasteiger partial charge in [-0.25, -0.2) is 4.98 Å². The van der Waals surface area contributed by atoms with Crippen LogP contribution in [0.5, 0.6) is 5.75 Å². The Hall–Kier alpha value is -3.81. The number of nitrogens with zero attached hydrogens (tertiary/aromatic N) is 3. The van der Waals surface area contributed by atoms with E-state index in [2.05, 4.69) is 21.7 Å². The minimum absolute atomic E-state index is 0.0618. The van der Waals surface area contributed by atoms with E-state index in [-0.39, 0.29) is 18.0 Å². The van der Waals surface area contributed by atoms with Gasteiger partial charge in [0.05, 0.1) is 19.0 Å². The first-order chi connectivity index (χ1) is 17.4. The molecule has 2 aromatic heterocycles. The summed E-state index contributed by atoms with van der Waals surface area (Å²) in [6.07, 6.45) is 4.13.